The zero-order valence-corrected chi connectivity index (χ0v) is 18.7. The van der Waals surface area contributed by atoms with Crippen LogP contribution in [0.5, 0.6) is 0 Å². The van der Waals surface area contributed by atoms with Gasteiger partial charge in [0.15, 0.2) is 5.96 Å². The number of amides is 1. The van der Waals surface area contributed by atoms with Gasteiger partial charge in [-0.3, -0.25) is 9.79 Å². The molecule has 1 aromatic carbocycles. The van der Waals surface area contributed by atoms with Gasteiger partial charge in [0.1, 0.15) is 0 Å². The molecule has 1 N–H and O–H groups in total. The molecule has 0 saturated carbocycles. The quantitative estimate of drug-likeness (QED) is 0.472. The number of hydrogen-bond donors (Lipinski definition) is 1. The van der Waals surface area contributed by atoms with Crippen LogP contribution >= 0.6 is 0 Å². The highest BCUT2D eigenvalue weighted by Crippen LogP contribution is 2.19. The van der Waals surface area contributed by atoms with E-state index in [4.69, 9.17) is 9.73 Å². The first kappa shape index (κ1) is 22.6. The summed E-state index contributed by atoms with van der Waals surface area (Å²) >= 11 is 0. The molecule has 0 aliphatic carbocycles. The van der Waals surface area contributed by atoms with Crippen molar-refractivity contribution in [2.24, 2.45) is 10.9 Å². The molecule has 166 valence electrons. The summed E-state index contributed by atoms with van der Waals surface area (Å²) in [5.41, 5.74) is 1.23. The standard InChI is InChI=1S/C24H38N4O2/c1-3-22(28-15-8-11-23(28)29)12-14-26-24(25-4-2)27-16-13-21(17-27)19-30-18-20-9-6-5-7-10-20/h5-7,9-10,21-22H,3-4,8,11-19H2,1-2H3,(H,25,26). The van der Waals surface area contributed by atoms with Crippen LogP contribution < -0.4 is 5.32 Å². The molecule has 1 amide bonds. The molecule has 30 heavy (non-hydrogen) atoms. The van der Waals surface area contributed by atoms with E-state index in [1.54, 1.807) is 0 Å². The van der Waals surface area contributed by atoms with Crippen LogP contribution in [-0.2, 0) is 16.1 Å². The minimum Gasteiger partial charge on any atom is -0.376 e. The van der Waals surface area contributed by atoms with Gasteiger partial charge in [-0.05, 0) is 38.2 Å². The van der Waals surface area contributed by atoms with Gasteiger partial charge in [-0.15, -0.1) is 0 Å². The Balaban J connectivity index is 1.45. The SMILES string of the molecule is CCNC(=NCCC(CC)N1CCCC1=O)N1CCC(COCc2ccccc2)C1. The van der Waals surface area contributed by atoms with E-state index < -0.39 is 0 Å². The number of aliphatic imine (C=N–C) groups is 1. The molecule has 2 aliphatic rings. The summed E-state index contributed by atoms with van der Waals surface area (Å²) in [5, 5.41) is 3.45. The Hall–Kier alpha value is -2.08. The average Bonchev–Trinajstić information content (AvgIpc) is 3.40. The Morgan fingerprint density at radius 1 is 1.27 bits per heavy atom. The van der Waals surface area contributed by atoms with Crippen molar-refractivity contribution >= 4 is 11.9 Å². The summed E-state index contributed by atoms with van der Waals surface area (Å²) in [5.74, 6) is 1.87. The molecule has 0 spiro atoms. The Bertz CT molecular complexity index is 679. The molecule has 0 bridgehead atoms. The molecule has 1 aromatic rings. The average molecular weight is 415 g/mol. The van der Waals surface area contributed by atoms with Gasteiger partial charge in [-0.25, -0.2) is 0 Å². The third kappa shape index (κ3) is 6.46. The van der Waals surface area contributed by atoms with E-state index in [0.29, 0.717) is 30.9 Å². The van der Waals surface area contributed by atoms with Crippen molar-refractivity contribution in [3.05, 3.63) is 35.9 Å². The zero-order chi connectivity index (χ0) is 21.2. The van der Waals surface area contributed by atoms with Gasteiger partial charge in [0.2, 0.25) is 5.91 Å². The van der Waals surface area contributed by atoms with Gasteiger partial charge >= 0.3 is 0 Å². The number of carbonyl (C=O) groups is 1. The maximum absolute atomic E-state index is 12.1. The number of rotatable bonds is 10. The lowest BCUT2D eigenvalue weighted by molar-refractivity contribution is -0.129. The first-order valence-corrected chi connectivity index (χ1v) is 11.7. The largest absolute Gasteiger partial charge is 0.376 e. The van der Waals surface area contributed by atoms with Gasteiger partial charge in [-0.1, -0.05) is 37.3 Å². The molecule has 3 rings (SSSR count). The minimum absolute atomic E-state index is 0.315. The molecule has 6 heteroatoms. The number of guanidine groups is 1. The Kier molecular flexibility index (Phi) is 9.00. The Morgan fingerprint density at radius 2 is 2.10 bits per heavy atom. The molecule has 0 radical (unpaired) electrons. The normalized spacial score (nSPS) is 20.8. The number of benzene rings is 1. The number of nitrogens with zero attached hydrogens (tertiary/aromatic N) is 3. The smallest absolute Gasteiger partial charge is 0.222 e. The highest BCUT2D eigenvalue weighted by Gasteiger charge is 2.27. The fourth-order valence-electron chi connectivity index (χ4n) is 4.46. The third-order valence-electron chi connectivity index (χ3n) is 6.13. The van der Waals surface area contributed by atoms with Gasteiger partial charge in [0.25, 0.3) is 0 Å². The van der Waals surface area contributed by atoms with Crippen molar-refractivity contribution in [1.82, 2.24) is 15.1 Å². The first-order valence-electron chi connectivity index (χ1n) is 11.7. The molecule has 0 aromatic heterocycles. The second kappa shape index (κ2) is 11.9. The summed E-state index contributed by atoms with van der Waals surface area (Å²) in [4.78, 5) is 21.4. The van der Waals surface area contributed by atoms with Crippen LogP contribution in [0.2, 0.25) is 0 Å². The summed E-state index contributed by atoms with van der Waals surface area (Å²) in [6, 6.07) is 10.7. The monoisotopic (exact) mass is 414 g/mol. The van der Waals surface area contributed by atoms with E-state index in [-0.39, 0.29) is 0 Å². The maximum atomic E-state index is 12.1. The molecular weight excluding hydrogens is 376 g/mol. The zero-order valence-electron chi connectivity index (χ0n) is 18.7. The van der Waals surface area contributed by atoms with Crippen molar-refractivity contribution in [1.29, 1.82) is 0 Å². The highest BCUT2D eigenvalue weighted by molar-refractivity contribution is 5.80. The lowest BCUT2D eigenvalue weighted by atomic mass is 10.1. The van der Waals surface area contributed by atoms with E-state index >= 15 is 0 Å². The Morgan fingerprint density at radius 3 is 2.80 bits per heavy atom. The molecule has 6 nitrogen and oxygen atoms in total. The van der Waals surface area contributed by atoms with E-state index in [1.807, 2.05) is 6.07 Å². The van der Waals surface area contributed by atoms with Crippen molar-refractivity contribution in [2.45, 2.75) is 58.6 Å². The van der Waals surface area contributed by atoms with Crippen LogP contribution in [0.4, 0.5) is 0 Å². The third-order valence-corrected chi connectivity index (χ3v) is 6.13. The van der Waals surface area contributed by atoms with Gasteiger partial charge in [-0.2, -0.15) is 0 Å². The fraction of sp³-hybridized carbons (Fsp3) is 0.667. The van der Waals surface area contributed by atoms with Crippen LogP contribution in [0.3, 0.4) is 0 Å². The summed E-state index contributed by atoms with van der Waals surface area (Å²) in [7, 11) is 0. The van der Waals surface area contributed by atoms with Gasteiger partial charge < -0.3 is 19.9 Å². The van der Waals surface area contributed by atoms with Crippen molar-refractivity contribution in [3.8, 4) is 0 Å². The molecule has 2 heterocycles. The van der Waals surface area contributed by atoms with Crippen molar-refractivity contribution in [2.75, 3.05) is 39.3 Å². The second-order valence-electron chi connectivity index (χ2n) is 8.38. The Labute approximate surface area is 181 Å². The number of hydrogen-bond acceptors (Lipinski definition) is 3. The van der Waals surface area contributed by atoms with E-state index in [0.717, 1.165) is 71.0 Å². The van der Waals surface area contributed by atoms with E-state index in [9.17, 15) is 4.79 Å². The molecule has 2 atom stereocenters. The summed E-state index contributed by atoms with van der Waals surface area (Å²) in [6.07, 6.45) is 4.79. The topological polar surface area (TPSA) is 57.2 Å². The van der Waals surface area contributed by atoms with E-state index in [2.05, 4.69) is 53.2 Å². The van der Waals surface area contributed by atoms with Crippen LogP contribution in [0.1, 0.15) is 51.5 Å². The molecule has 2 unspecified atom stereocenters. The van der Waals surface area contributed by atoms with Crippen molar-refractivity contribution < 1.29 is 9.53 Å². The number of carbonyl (C=O) groups excluding carboxylic acids is 1. The summed E-state index contributed by atoms with van der Waals surface area (Å²) < 4.78 is 5.96. The lowest BCUT2D eigenvalue weighted by Gasteiger charge is -2.27. The second-order valence-corrected chi connectivity index (χ2v) is 8.38. The first-order chi connectivity index (χ1) is 14.7. The number of ether oxygens (including phenoxy) is 1. The maximum Gasteiger partial charge on any atom is 0.222 e. The van der Waals surface area contributed by atoms with Crippen molar-refractivity contribution in [3.63, 3.8) is 0 Å². The minimum atomic E-state index is 0.315. The predicted molar refractivity (Wildman–Crippen MR) is 121 cm³/mol. The van der Waals surface area contributed by atoms with Gasteiger partial charge in [0.05, 0.1) is 13.2 Å². The summed E-state index contributed by atoms with van der Waals surface area (Å²) in [6.45, 7) is 10.3. The van der Waals surface area contributed by atoms with Gasteiger partial charge in [0, 0.05) is 51.1 Å². The molecular formula is C24H38N4O2. The fourth-order valence-corrected chi connectivity index (χ4v) is 4.46. The molecule has 2 saturated heterocycles. The van der Waals surface area contributed by atoms with Crippen LogP contribution in [0, 0.1) is 5.92 Å². The molecule has 2 fully saturated rings. The highest BCUT2D eigenvalue weighted by atomic mass is 16.5. The lowest BCUT2D eigenvalue weighted by Crippen LogP contribution is -2.41. The molecule has 2 aliphatic heterocycles. The predicted octanol–water partition coefficient (Wildman–Crippen LogP) is 3.28. The number of nitrogens with one attached hydrogen (secondary N) is 1. The van der Waals surface area contributed by atoms with E-state index in [1.165, 1.54) is 5.56 Å². The van der Waals surface area contributed by atoms with Crippen LogP contribution in [-0.4, -0.2) is 67.0 Å². The number of likely N-dealkylation sites (tertiary alicyclic amines) is 2. The van der Waals surface area contributed by atoms with Crippen LogP contribution in [0.25, 0.3) is 0 Å². The van der Waals surface area contributed by atoms with Crippen LogP contribution in [0.15, 0.2) is 35.3 Å².